The summed E-state index contributed by atoms with van der Waals surface area (Å²) in [6.45, 7) is 6.61. The zero-order chi connectivity index (χ0) is 13.8. The Morgan fingerprint density at radius 3 is 2.62 bits per heavy atom. The molecule has 1 unspecified atom stereocenters. The minimum Gasteiger partial charge on any atom is -0.302 e. The summed E-state index contributed by atoms with van der Waals surface area (Å²) in [6, 6.07) is 7.93. The Bertz CT molecular complexity index is 544. The molecule has 1 aromatic rings. The van der Waals surface area contributed by atoms with Gasteiger partial charge in [-0.05, 0) is 73.7 Å². The van der Waals surface area contributed by atoms with Crippen LogP contribution in [0.3, 0.4) is 0 Å². The third-order valence-electron chi connectivity index (χ3n) is 6.61. The first-order valence-corrected chi connectivity index (χ1v) is 8.95. The number of benzene rings is 1. The lowest BCUT2D eigenvalue weighted by Gasteiger charge is -2.51. The first kappa shape index (κ1) is 12.7. The quantitative estimate of drug-likeness (QED) is 0.781. The summed E-state index contributed by atoms with van der Waals surface area (Å²) in [5, 5.41) is 0. The van der Waals surface area contributed by atoms with Crippen molar-refractivity contribution >= 4 is 0 Å². The fourth-order valence-electron chi connectivity index (χ4n) is 5.58. The summed E-state index contributed by atoms with van der Waals surface area (Å²) >= 11 is 0. The normalized spacial score (nSPS) is 38.3. The van der Waals surface area contributed by atoms with Gasteiger partial charge in [-0.25, -0.2) is 0 Å². The highest BCUT2D eigenvalue weighted by molar-refractivity contribution is 5.41. The van der Waals surface area contributed by atoms with E-state index in [1.165, 1.54) is 64.8 Å². The van der Waals surface area contributed by atoms with E-state index in [2.05, 4.69) is 28.0 Å². The molecule has 1 aliphatic carbocycles. The topological polar surface area (TPSA) is 6.48 Å². The first-order chi connectivity index (χ1) is 10.4. The van der Waals surface area contributed by atoms with Gasteiger partial charge in [0.1, 0.15) is 0 Å². The number of fused-ring (bicyclic) bond motifs is 3. The second kappa shape index (κ2) is 4.82. The maximum absolute atomic E-state index is 2.86. The molecule has 2 atom stereocenters. The third kappa shape index (κ3) is 1.99. The van der Waals surface area contributed by atoms with Crippen LogP contribution in [0.4, 0.5) is 0 Å². The van der Waals surface area contributed by atoms with Gasteiger partial charge in [0.2, 0.25) is 0 Å². The summed E-state index contributed by atoms with van der Waals surface area (Å²) in [7, 11) is 0. The molecule has 5 aliphatic rings. The van der Waals surface area contributed by atoms with Crippen LogP contribution in [-0.4, -0.2) is 42.0 Å². The Labute approximate surface area is 128 Å². The second-order valence-corrected chi connectivity index (χ2v) is 7.71. The van der Waals surface area contributed by atoms with E-state index < -0.39 is 0 Å². The van der Waals surface area contributed by atoms with Gasteiger partial charge in [-0.2, -0.15) is 0 Å². The molecule has 4 aliphatic heterocycles. The van der Waals surface area contributed by atoms with E-state index in [0.29, 0.717) is 0 Å². The van der Waals surface area contributed by atoms with E-state index in [9.17, 15) is 0 Å². The van der Waals surface area contributed by atoms with Crippen LogP contribution in [0, 0.1) is 5.92 Å². The molecule has 3 fully saturated rings. The molecule has 21 heavy (non-hydrogen) atoms. The third-order valence-corrected chi connectivity index (χ3v) is 6.61. The molecule has 112 valence electrons. The van der Waals surface area contributed by atoms with Crippen molar-refractivity contribution in [3.05, 3.63) is 34.9 Å². The van der Waals surface area contributed by atoms with Crippen molar-refractivity contribution in [2.24, 2.45) is 5.92 Å². The van der Waals surface area contributed by atoms with Gasteiger partial charge in [-0.15, -0.1) is 0 Å². The molecule has 1 aromatic carbocycles. The van der Waals surface area contributed by atoms with Gasteiger partial charge < -0.3 is 4.90 Å². The van der Waals surface area contributed by atoms with Crippen LogP contribution in [0.15, 0.2) is 18.2 Å². The Morgan fingerprint density at radius 1 is 0.952 bits per heavy atom. The van der Waals surface area contributed by atoms with Crippen LogP contribution < -0.4 is 0 Å². The summed E-state index contributed by atoms with van der Waals surface area (Å²) in [4.78, 5) is 5.57. The highest BCUT2D eigenvalue weighted by Crippen LogP contribution is 2.41. The fraction of sp³-hybridized carbons (Fsp3) is 0.684. The summed E-state index contributed by atoms with van der Waals surface area (Å²) in [5.41, 5.74) is 5.07. The van der Waals surface area contributed by atoms with E-state index in [4.69, 9.17) is 0 Å². The van der Waals surface area contributed by atoms with Crippen molar-refractivity contribution in [1.29, 1.82) is 0 Å². The molecule has 0 N–H and O–H groups in total. The number of hydrogen-bond donors (Lipinski definition) is 0. The molecule has 0 spiro atoms. The number of rotatable bonds is 1. The lowest BCUT2D eigenvalue weighted by molar-refractivity contribution is -0.00571. The fourth-order valence-corrected chi connectivity index (χ4v) is 5.58. The van der Waals surface area contributed by atoms with Crippen molar-refractivity contribution in [3.63, 3.8) is 0 Å². The van der Waals surface area contributed by atoms with Crippen LogP contribution in [0.25, 0.3) is 0 Å². The second-order valence-electron chi connectivity index (χ2n) is 7.71. The van der Waals surface area contributed by atoms with Gasteiger partial charge in [-0.1, -0.05) is 18.2 Å². The Morgan fingerprint density at radius 2 is 1.81 bits per heavy atom. The largest absolute Gasteiger partial charge is 0.302 e. The van der Waals surface area contributed by atoms with Crippen molar-refractivity contribution < 1.29 is 0 Å². The van der Waals surface area contributed by atoms with Gasteiger partial charge >= 0.3 is 0 Å². The summed E-state index contributed by atoms with van der Waals surface area (Å²) in [5.74, 6) is 1.80. The highest BCUT2D eigenvalue weighted by atomic mass is 15.3. The van der Waals surface area contributed by atoms with E-state index >= 15 is 0 Å². The predicted octanol–water partition coefficient (Wildman–Crippen LogP) is 3.02. The van der Waals surface area contributed by atoms with Gasteiger partial charge in [0.05, 0.1) is 0 Å². The standard InChI is InChI=1S/C19H26N2/c1-3-15-4-2-6-17-12-21(11-16(5-1)19(15)17)18-13-20-9-7-14(18)8-10-20/h1,3,5,14,17-18H,2,4,6-13H2/t17?,18-/m1/s1. The lowest BCUT2D eigenvalue weighted by atomic mass is 9.75. The number of piperidine rings is 3. The van der Waals surface area contributed by atoms with Crippen molar-refractivity contribution in [3.8, 4) is 0 Å². The predicted molar refractivity (Wildman–Crippen MR) is 85.5 cm³/mol. The van der Waals surface area contributed by atoms with Crippen LogP contribution in [-0.2, 0) is 13.0 Å². The van der Waals surface area contributed by atoms with Gasteiger partial charge in [0, 0.05) is 25.7 Å². The molecule has 0 aromatic heterocycles. The molecule has 3 saturated heterocycles. The zero-order valence-electron chi connectivity index (χ0n) is 12.9. The molecule has 6 rings (SSSR count). The Kier molecular flexibility index (Phi) is 2.91. The number of aryl methyl sites for hydroxylation is 1. The molecule has 0 amide bonds. The molecule has 4 heterocycles. The Balaban J connectivity index is 1.46. The SMILES string of the molecule is c1cc2c3c(c1)CN([C@@H]1CN4CCC1CC4)CC3CCC2. The minimum atomic E-state index is 0.828. The van der Waals surface area contributed by atoms with Crippen molar-refractivity contribution in [2.45, 2.75) is 50.6 Å². The Hall–Kier alpha value is -0.860. The minimum absolute atomic E-state index is 0.828. The van der Waals surface area contributed by atoms with E-state index in [1.807, 2.05) is 0 Å². The molecule has 2 heteroatoms. The zero-order valence-corrected chi connectivity index (χ0v) is 12.9. The van der Waals surface area contributed by atoms with Crippen LogP contribution >= 0.6 is 0 Å². The maximum atomic E-state index is 2.86. The van der Waals surface area contributed by atoms with E-state index in [0.717, 1.165) is 17.9 Å². The first-order valence-electron chi connectivity index (χ1n) is 8.95. The number of nitrogens with zero attached hydrogens (tertiary/aromatic N) is 2. The van der Waals surface area contributed by atoms with Crippen molar-refractivity contribution in [2.75, 3.05) is 26.2 Å². The van der Waals surface area contributed by atoms with Crippen LogP contribution in [0.2, 0.25) is 0 Å². The smallest absolute Gasteiger partial charge is 0.0256 e. The molecular weight excluding hydrogens is 256 g/mol. The van der Waals surface area contributed by atoms with Crippen LogP contribution in [0.1, 0.15) is 48.3 Å². The molecule has 2 nitrogen and oxygen atoms in total. The van der Waals surface area contributed by atoms with Gasteiger partial charge in [-0.3, -0.25) is 4.90 Å². The molecular formula is C19H26N2. The average Bonchev–Trinajstić information content (AvgIpc) is 2.56. The maximum Gasteiger partial charge on any atom is 0.0256 e. The average molecular weight is 282 g/mol. The van der Waals surface area contributed by atoms with Gasteiger partial charge in [0.15, 0.2) is 0 Å². The van der Waals surface area contributed by atoms with Gasteiger partial charge in [0.25, 0.3) is 0 Å². The lowest BCUT2D eigenvalue weighted by Crippen LogP contribution is -2.58. The molecule has 0 saturated carbocycles. The number of hydrogen-bond acceptors (Lipinski definition) is 2. The highest BCUT2D eigenvalue weighted by Gasteiger charge is 2.40. The molecule has 2 bridgehead atoms. The van der Waals surface area contributed by atoms with E-state index in [-0.39, 0.29) is 0 Å². The van der Waals surface area contributed by atoms with E-state index in [1.54, 1.807) is 16.7 Å². The summed E-state index contributed by atoms with van der Waals surface area (Å²) < 4.78 is 0. The monoisotopic (exact) mass is 282 g/mol. The summed E-state index contributed by atoms with van der Waals surface area (Å²) in [6.07, 6.45) is 7.02. The van der Waals surface area contributed by atoms with Crippen LogP contribution in [0.5, 0.6) is 0 Å². The van der Waals surface area contributed by atoms with Crippen molar-refractivity contribution in [1.82, 2.24) is 9.80 Å². The molecule has 0 radical (unpaired) electrons.